The maximum Gasteiger partial charge on any atom is 0.0781 e. The molecule has 0 rings (SSSR count). The van der Waals surface area contributed by atoms with E-state index in [1.54, 1.807) is 6.92 Å². The lowest BCUT2D eigenvalue weighted by molar-refractivity contribution is -0.0573. The van der Waals surface area contributed by atoms with Crippen LogP contribution in [0.15, 0.2) is 0 Å². The van der Waals surface area contributed by atoms with Crippen LogP contribution >= 0.6 is 0 Å². The minimum Gasteiger partial charge on any atom is -0.394 e. The van der Waals surface area contributed by atoms with Gasteiger partial charge in [0.05, 0.1) is 156 Å². The second-order valence-electron chi connectivity index (χ2n) is 16.1. The van der Waals surface area contributed by atoms with Gasteiger partial charge in [-0.1, -0.05) is 336 Å². The lowest BCUT2D eigenvalue weighted by Gasteiger charge is -2.15. The van der Waals surface area contributed by atoms with Crippen LogP contribution in [0.25, 0.3) is 0 Å². The van der Waals surface area contributed by atoms with Crippen molar-refractivity contribution in [3.63, 3.8) is 0 Å². The summed E-state index contributed by atoms with van der Waals surface area (Å²) in [6, 6.07) is 0. The van der Waals surface area contributed by atoms with Gasteiger partial charge in [-0.15, -0.1) is 0 Å². The summed E-state index contributed by atoms with van der Waals surface area (Å²) in [6.07, 6.45) is 17.4. The molecule has 0 saturated heterocycles. The smallest absolute Gasteiger partial charge is 0.0781 e. The summed E-state index contributed by atoms with van der Waals surface area (Å²) >= 11 is 0. The summed E-state index contributed by atoms with van der Waals surface area (Å²) in [5, 5.41) is 26.2. The number of unbranched alkanes of at least 4 members (excludes halogenated alkanes) is 11. The standard InChI is InChI=1S/C20H42O6.C16H34O6.C13H28O3.33CH4/c1-4-5-6-7-8-9-11-22-13-14-23-18-20(3)26-16-15-24-17-19(2)25-12-10-21;1-4-5-7-18-9-10-19-14-16(3)22-12-11-20-13-15(2)21-8-6-17;1-3-4-5-6-7-8-9-15-10-11-16-12-13(2)14;;;;;;;;;;;;;;;;;;;;;;;;;;;;;;;;;/h19-21H,4-18H2,1-3H3;15-17H,4-14H2,1-3H3;13-14H,3-12H2,1-2H3;33*1H4. The van der Waals surface area contributed by atoms with E-state index in [0.29, 0.717) is 112 Å². The number of rotatable bonds is 50. The summed E-state index contributed by atoms with van der Waals surface area (Å²) in [5.41, 5.74) is 0. The van der Waals surface area contributed by atoms with Gasteiger partial charge in [0, 0.05) is 19.8 Å². The molecular formula is C82H236O15. The van der Waals surface area contributed by atoms with Crippen LogP contribution in [-0.2, 0) is 56.8 Å². The monoisotopic (exact) mass is 1460 g/mol. The first kappa shape index (κ1) is 240. The molecule has 5 unspecified atom stereocenters. The Kier molecular flexibility index (Phi) is 541. The van der Waals surface area contributed by atoms with E-state index in [9.17, 15) is 0 Å². The number of hydrogen-bond donors (Lipinski definition) is 3. The second kappa shape index (κ2) is 218. The van der Waals surface area contributed by atoms with Gasteiger partial charge in [0.2, 0.25) is 0 Å². The van der Waals surface area contributed by atoms with Crippen LogP contribution in [0.2, 0.25) is 0 Å². The average molecular weight is 1460 g/mol. The van der Waals surface area contributed by atoms with Gasteiger partial charge in [0.25, 0.3) is 0 Å². The molecule has 0 aliphatic heterocycles. The second-order valence-corrected chi connectivity index (χ2v) is 16.1. The maximum absolute atomic E-state index is 8.93. The third-order valence-corrected chi connectivity index (χ3v) is 9.06. The predicted octanol–water partition coefficient (Wildman–Crippen LogP) is 28.6. The molecule has 15 nitrogen and oxygen atoms in total. The SMILES string of the molecule is C.C.C.C.C.C.C.C.C.C.C.C.C.C.C.C.C.C.C.C.C.C.C.C.C.C.C.C.C.C.C.C.C.CCCCCCCCOCCOCC(C)O.CCCCCCCCOCCOCC(C)OCCOCC(C)OCCO.CCCCOCCOCC(C)OCCOCC(C)OCCO. The van der Waals surface area contributed by atoms with Crippen LogP contribution in [0, 0.1) is 0 Å². The fourth-order valence-corrected chi connectivity index (χ4v) is 5.44. The Labute approximate surface area is 635 Å². The molecule has 0 aromatic carbocycles. The summed E-state index contributed by atoms with van der Waals surface area (Å²) in [6.45, 7) is 27.8. The van der Waals surface area contributed by atoms with E-state index >= 15 is 0 Å². The fraction of sp³-hybridized carbons (Fsp3) is 1.00. The van der Waals surface area contributed by atoms with E-state index < -0.39 is 0 Å². The Bertz CT molecular complexity index is 811. The molecule has 0 bridgehead atoms. The van der Waals surface area contributed by atoms with Gasteiger partial charge in [-0.3, -0.25) is 0 Å². The zero-order valence-corrected chi connectivity index (χ0v) is 42.6. The molecule has 0 radical (unpaired) electrons. The molecule has 0 fully saturated rings. The predicted molar refractivity (Wildman–Crippen MR) is 478 cm³/mol. The molecule has 15 heteroatoms. The Morgan fingerprint density at radius 1 is 0.196 bits per heavy atom. The van der Waals surface area contributed by atoms with E-state index in [1.165, 1.54) is 64.2 Å². The highest BCUT2D eigenvalue weighted by molar-refractivity contribution is 4.52. The van der Waals surface area contributed by atoms with Crippen molar-refractivity contribution in [2.24, 2.45) is 0 Å². The first-order valence-corrected chi connectivity index (χ1v) is 25.2. The fourth-order valence-electron chi connectivity index (χ4n) is 5.44. The zero-order valence-electron chi connectivity index (χ0n) is 42.6. The highest BCUT2D eigenvalue weighted by Crippen LogP contribution is 2.06. The van der Waals surface area contributed by atoms with Crippen molar-refractivity contribution in [3.05, 3.63) is 0 Å². The van der Waals surface area contributed by atoms with Crippen LogP contribution in [0.3, 0.4) is 0 Å². The van der Waals surface area contributed by atoms with Crippen molar-refractivity contribution in [3.8, 4) is 0 Å². The number of aliphatic hydroxyl groups is 3. The molecule has 0 aliphatic rings. The van der Waals surface area contributed by atoms with Crippen molar-refractivity contribution in [2.45, 2.75) is 421 Å². The molecule has 0 saturated carbocycles. The number of ether oxygens (including phenoxy) is 12. The van der Waals surface area contributed by atoms with Crippen molar-refractivity contribution in [1.82, 2.24) is 0 Å². The lowest BCUT2D eigenvalue weighted by atomic mass is 10.1. The van der Waals surface area contributed by atoms with Gasteiger partial charge in [0.15, 0.2) is 0 Å². The topological polar surface area (TPSA) is 171 Å². The van der Waals surface area contributed by atoms with Gasteiger partial charge in [0.1, 0.15) is 0 Å². The molecule has 0 aliphatic carbocycles. The van der Waals surface area contributed by atoms with Gasteiger partial charge < -0.3 is 72.2 Å². The van der Waals surface area contributed by atoms with E-state index in [0.717, 1.165) is 45.5 Å². The Hall–Kier alpha value is -0.600. The first-order chi connectivity index (χ1) is 31.2. The molecule has 97 heavy (non-hydrogen) atoms. The van der Waals surface area contributed by atoms with Crippen LogP contribution in [0.5, 0.6) is 0 Å². The Balaban J connectivity index is -0.0000000147. The lowest BCUT2D eigenvalue weighted by Crippen LogP contribution is -2.22. The highest BCUT2D eigenvalue weighted by atomic mass is 16.6. The van der Waals surface area contributed by atoms with Crippen molar-refractivity contribution >= 4 is 0 Å². The van der Waals surface area contributed by atoms with Crippen molar-refractivity contribution in [2.75, 3.05) is 145 Å². The average Bonchev–Trinajstić information content (AvgIpc) is 3.28. The third kappa shape index (κ3) is 244. The van der Waals surface area contributed by atoms with Crippen LogP contribution in [0.4, 0.5) is 0 Å². The number of hydrogen-bond acceptors (Lipinski definition) is 15. The normalized spacial score (nSPS) is 9.06. The minimum atomic E-state index is -0.376. The van der Waals surface area contributed by atoms with Gasteiger partial charge in [-0.05, 0) is 53.9 Å². The Morgan fingerprint density at radius 2 is 0.371 bits per heavy atom. The molecule has 0 aromatic rings. The quantitative estimate of drug-likeness (QED) is 0.0491. The van der Waals surface area contributed by atoms with Gasteiger partial charge in [-0.25, -0.2) is 0 Å². The largest absolute Gasteiger partial charge is 0.394 e. The molecule has 0 heterocycles. The van der Waals surface area contributed by atoms with Gasteiger partial charge >= 0.3 is 0 Å². The minimum absolute atomic E-state index is 0. The van der Waals surface area contributed by atoms with E-state index in [4.69, 9.17) is 72.2 Å². The van der Waals surface area contributed by atoms with E-state index in [1.807, 2.05) is 27.7 Å². The molecule has 5 atom stereocenters. The van der Waals surface area contributed by atoms with Crippen LogP contribution in [-0.4, -0.2) is 191 Å². The summed E-state index contributed by atoms with van der Waals surface area (Å²) < 4.78 is 65.3. The van der Waals surface area contributed by atoms with Crippen molar-refractivity contribution < 1.29 is 72.2 Å². The number of aliphatic hydroxyl groups excluding tert-OH is 3. The maximum atomic E-state index is 8.93. The highest BCUT2D eigenvalue weighted by Gasteiger charge is 2.06. The zero-order chi connectivity index (χ0) is 47.8. The third-order valence-electron chi connectivity index (χ3n) is 9.06. The van der Waals surface area contributed by atoms with Crippen LogP contribution < -0.4 is 0 Å². The molecule has 0 spiro atoms. The Morgan fingerprint density at radius 3 is 0.588 bits per heavy atom. The first-order valence-electron chi connectivity index (χ1n) is 25.2. The molecular weight excluding hydrogens is 1220 g/mol. The summed E-state index contributed by atoms with van der Waals surface area (Å²) in [4.78, 5) is 0. The van der Waals surface area contributed by atoms with Crippen LogP contribution in [0.1, 0.15) is 390 Å². The molecule has 654 valence electrons. The molecule has 3 N–H and O–H groups in total. The summed E-state index contributed by atoms with van der Waals surface area (Å²) in [7, 11) is 0. The molecule has 0 amide bonds. The van der Waals surface area contributed by atoms with Gasteiger partial charge in [-0.2, -0.15) is 0 Å². The van der Waals surface area contributed by atoms with Crippen molar-refractivity contribution in [1.29, 1.82) is 0 Å². The summed E-state index contributed by atoms with van der Waals surface area (Å²) in [5.74, 6) is 0. The van der Waals surface area contributed by atoms with E-state index in [2.05, 4.69) is 20.8 Å². The molecule has 0 aromatic heterocycles. The van der Waals surface area contributed by atoms with E-state index in [-0.39, 0.29) is 289 Å².